The molecule has 2 aliphatic heterocycles. The Bertz CT molecular complexity index is 228. The van der Waals surface area contributed by atoms with Gasteiger partial charge in [-0.05, 0) is 32.7 Å². The van der Waals surface area contributed by atoms with Crippen LogP contribution in [0.4, 0.5) is 0 Å². The molecule has 2 rings (SSSR count). The lowest BCUT2D eigenvalue weighted by Crippen LogP contribution is -2.58. The molecule has 2 fully saturated rings. The molecule has 4 nitrogen and oxygen atoms in total. The summed E-state index contributed by atoms with van der Waals surface area (Å²) in [7, 11) is 2.07. The van der Waals surface area contributed by atoms with Crippen molar-refractivity contribution in [3.8, 4) is 0 Å². The average Bonchev–Trinajstić information content (AvgIpc) is 2.33. The van der Waals surface area contributed by atoms with Crippen molar-refractivity contribution >= 4 is 5.97 Å². The van der Waals surface area contributed by atoms with Crippen LogP contribution in [-0.2, 0) is 4.79 Å². The molecule has 0 amide bonds. The van der Waals surface area contributed by atoms with Crippen molar-refractivity contribution in [2.24, 2.45) is 5.73 Å². The summed E-state index contributed by atoms with van der Waals surface area (Å²) in [6.45, 7) is 0. The number of nitrogens with zero attached hydrogens (tertiary/aromatic N) is 1. The van der Waals surface area contributed by atoms with Crippen molar-refractivity contribution in [3.63, 3.8) is 0 Å². The first-order valence-electron chi connectivity index (χ1n) is 4.77. The van der Waals surface area contributed by atoms with E-state index in [1.165, 1.54) is 0 Å². The van der Waals surface area contributed by atoms with E-state index < -0.39 is 11.5 Å². The summed E-state index contributed by atoms with van der Waals surface area (Å²) in [6, 6.07) is 0.777. The summed E-state index contributed by atoms with van der Waals surface area (Å²) in [6.07, 6.45) is 3.42. The molecule has 0 aromatic rings. The van der Waals surface area contributed by atoms with Crippen LogP contribution in [0.3, 0.4) is 0 Å². The normalized spacial score (nSPS) is 45.1. The maximum absolute atomic E-state index is 11.0. The molecule has 74 valence electrons. The summed E-state index contributed by atoms with van der Waals surface area (Å²) in [4.78, 5) is 13.2. The lowest BCUT2D eigenvalue weighted by molar-refractivity contribution is -0.146. The van der Waals surface area contributed by atoms with Crippen molar-refractivity contribution < 1.29 is 9.90 Å². The largest absolute Gasteiger partial charge is 0.480 e. The molecule has 2 aliphatic rings. The molecule has 2 bridgehead atoms. The van der Waals surface area contributed by atoms with Gasteiger partial charge in [-0.25, -0.2) is 0 Å². The fourth-order valence-corrected chi connectivity index (χ4v) is 2.68. The molecular weight excluding hydrogens is 168 g/mol. The maximum Gasteiger partial charge on any atom is 0.323 e. The zero-order valence-corrected chi connectivity index (χ0v) is 7.86. The monoisotopic (exact) mass is 184 g/mol. The zero-order chi connectivity index (χ0) is 9.64. The smallest absolute Gasteiger partial charge is 0.323 e. The van der Waals surface area contributed by atoms with Gasteiger partial charge in [0.05, 0.1) is 0 Å². The van der Waals surface area contributed by atoms with Gasteiger partial charge in [0.25, 0.3) is 0 Å². The third-order valence-corrected chi connectivity index (χ3v) is 3.61. The molecule has 0 spiro atoms. The lowest BCUT2D eigenvalue weighted by atomic mass is 9.84. The Balaban J connectivity index is 2.19. The van der Waals surface area contributed by atoms with E-state index in [-0.39, 0.29) is 0 Å². The van der Waals surface area contributed by atoms with Gasteiger partial charge in [-0.1, -0.05) is 0 Å². The topological polar surface area (TPSA) is 66.6 Å². The zero-order valence-electron chi connectivity index (χ0n) is 7.86. The Kier molecular flexibility index (Phi) is 1.85. The number of nitrogens with two attached hydrogens (primary N) is 1. The van der Waals surface area contributed by atoms with E-state index in [4.69, 9.17) is 10.8 Å². The van der Waals surface area contributed by atoms with Crippen molar-refractivity contribution in [1.29, 1.82) is 0 Å². The van der Waals surface area contributed by atoms with Crippen LogP contribution in [0.25, 0.3) is 0 Å². The minimum Gasteiger partial charge on any atom is -0.480 e. The Morgan fingerprint density at radius 3 is 2.31 bits per heavy atom. The predicted molar refractivity (Wildman–Crippen MR) is 48.4 cm³/mol. The van der Waals surface area contributed by atoms with Gasteiger partial charge in [0.15, 0.2) is 0 Å². The Morgan fingerprint density at radius 2 is 1.92 bits per heavy atom. The average molecular weight is 184 g/mol. The highest BCUT2D eigenvalue weighted by Crippen LogP contribution is 2.38. The first-order chi connectivity index (χ1) is 6.03. The second-order valence-electron chi connectivity index (χ2n) is 4.42. The molecule has 4 heteroatoms. The molecule has 3 N–H and O–H groups in total. The molecule has 2 heterocycles. The number of piperidine rings is 1. The molecule has 2 saturated heterocycles. The van der Waals surface area contributed by atoms with Crippen LogP contribution in [0.1, 0.15) is 25.7 Å². The van der Waals surface area contributed by atoms with Crippen LogP contribution >= 0.6 is 0 Å². The maximum atomic E-state index is 11.0. The van der Waals surface area contributed by atoms with Gasteiger partial charge < -0.3 is 15.7 Å². The number of rotatable bonds is 1. The van der Waals surface area contributed by atoms with Crippen LogP contribution in [0, 0.1) is 0 Å². The van der Waals surface area contributed by atoms with Gasteiger partial charge in [0.1, 0.15) is 5.54 Å². The minimum atomic E-state index is -0.960. The standard InChI is InChI=1S/C9H16N2O2/c1-11-6-2-3-7(11)5-9(10,4-6)8(12)13/h6-7H,2-5,10H2,1H3,(H,12,13). The van der Waals surface area contributed by atoms with E-state index >= 15 is 0 Å². The number of carboxylic acids is 1. The van der Waals surface area contributed by atoms with E-state index in [0.29, 0.717) is 24.9 Å². The van der Waals surface area contributed by atoms with E-state index in [1.807, 2.05) is 0 Å². The van der Waals surface area contributed by atoms with Gasteiger partial charge in [0, 0.05) is 12.1 Å². The minimum absolute atomic E-state index is 0.389. The predicted octanol–water partition coefficient (Wildman–Crippen LogP) is 0.0251. The van der Waals surface area contributed by atoms with Crippen molar-refractivity contribution in [2.45, 2.75) is 43.3 Å². The van der Waals surface area contributed by atoms with Gasteiger partial charge >= 0.3 is 5.97 Å². The van der Waals surface area contributed by atoms with Crippen LogP contribution in [0.15, 0.2) is 0 Å². The summed E-state index contributed by atoms with van der Waals surface area (Å²) in [5.74, 6) is -0.836. The fraction of sp³-hybridized carbons (Fsp3) is 0.889. The summed E-state index contributed by atoms with van der Waals surface area (Å²) in [5, 5.41) is 9.00. The third kappa shape index (κ3) is 1.25. The molecule has 0 aromatic heterocycles. The van der Waals surface area contributed by atoms with E-state index in [9.17, 15) is 4.79 Å². The molecule has 0 aliphatic carbocycles. The molecule has 13 heavy (non-hydrogen) atoms. The van der Waals surface area contributed by atoms with Crippen molar-refractivity contribution in [2.75, 3.05) is 7.05 Å². The summed E-state index contributed by atoms with van der Waals surface area (Å²) >= 11 is 0. The quantitative estimate of drug-likeness (QED) is 0.603. The molecule has 2 unspecified atom stereocenters. The Morgan fingerprint density at radius 1 is 1.46 bits per heavy atom. The van der Waals surface area contributed by atoms with E-state index in [1.54, 1.807) is 0 Å². The van der Waals surface area contributed by atoms with Crippen molar-refractivity contribution in [3.05, 3.63) is 0 Å². The van der Waals surface area contributed by atoms with Crippen LogP contribution in [-0.4, -0.2) is 40.6 Å². The number of hydrogen-bond acceptors (Lipinski definition) is 3. The highest BCUT2D eigenvalue weighted by Gasteiger charge is 2.48. The first-order valence-corrected chi connectivity index (χ1v) is 4.77. The number of aliphatic carboxylic acids is 1. The van der Waals surface area contributed by atoms with E-state index in [2.05, 4.69) is 11.9 Å². The Labute approximate surface area is 77.7 Å². The van der Waals surface area contributed by atoms with Gasteiger partial charge in [-0.15, -0.1) is 0 Å². The third-order valence-electron chi connectivity index (χ3n) is 3.61. The Hall–Kier alpha value is -0.610. The molecule has 0 radical (unpaired) electrons. The van der Waals surface area contributed by atoms with Crippen LogP contribution in [0.5, 0.6) is 0 Å². The van der Waals surface area contributed by atoms with Crippen LogP contribution < -0.4 is 5.73 Å². The van der Waals surface area contributed by atoms with Gasteiger partial charge in [-0.3, -0.25) is 4.79 Å². The number of carbonyl (C=O) groups is 1. The molecular formula is C9H16N2O2. The highest BCUT2D eigenvalue weighted by molar-refractivity contribution is 5.78. The second kappa shape index (κ2) is 2.69. The summed E-state index contributed by atoms with van der Waals surface area (Å²) in [5.41, 5.74) is 4.90. The second-order valence-corrected chi connectivity index (χ2v) is 4.42. The summed E-state index contributed by atoms with van der Waals surface area (Å²) < 4.78 is 0. The molecule has 0 aromatic carbocycles. The van der Waals surface area contributed by atoms with Gasteiger partial charge in [-0.2, -0.15) is 0 Å². The van der Waals surface area contributed by atoms with Crippen LogP contribution in [0.2, 0.25) is 0 Å². The van der Waals surface area contributed by atoms with E-state index in [0.717, 1.165) is 12.8 Å². The first kappa shape index (κ1) is 8.97. The SMILES string of the molecule is CN1C2CCC1CC(N)(C(=O)O)C2. The molecule has 2 atom stereocenters. The van der Waals surface area contributed by atoms with Crippen molar-refractivity contribution in [1.82, 2.24) is 4.90 Å². The molecule has 0 saturated carbocycles. The number of fused-ring (bicyclic) bond motifs is 2. The highest BCUT2D eigenvalue weighted by atomic mass is 16.4. The lowest BCUT2D eigenvalue weighted by Gasteiger charge is -2.40. The number of carboxylic acid groups (broad SMARTS) is 1. The van der Waals surface area contributed by atoms with Gasteiger partial charge in [0.2, 0.25) is 0 Å². The fourth-order valence-electron chi connectivity index (χ4n) is 2.68. The number of hydrogen-bond donors (Lipinski definition) is 2.